The van der Waals surface area contributed by atoms with Gasteiger partial charge in [-0.15, -0.1) is 0 Å². The summed E-state index contributed by atoms with van der Waals surface area (Å²) in [6, 6.07) is 4.45. The maximum absolute atomic E-state index is 11.7. The van der Waals surface area contributed by atoms with E-state index in [1.807, 2.05) is 0 Å². The zero-order valence-corrected chi connectivity index (χ0v) is 11.8. The van der Waals surface area contributed by atoms with Gasteiger partial charge in [0.15, 0.2) is 11.5 Å². The van der Waals surface area contributed by atoms with Gasteiger partial charge < -0.3 is 15.5 Å². The molecule has 7 heteroatoms. The van der Waals surface area contributed by atoms with E-state index in [0.29, 0.717) is 13.0 Å². The number of nitrogens with one attached hydrogen (secondary N) is 1. The molecule has 7 nitrogen and oxygen atoms in total. The number of rotatable bonds is 6. The van der Waals surface area contributed by atoms with Gasteiger partial charge in [0.2, 0.25) is 5.91 Å². The molecule has 0 radical (unpaired) electrons. The zero-order chi connectivity index (χ0) is 16.1. The number of phenols is 2. The van der Waals surface area contributed by atoms with Crippen molar-refractivity contribution < 1.29 is 24.6 Å². The second-order valence-corrected chi connectivity index (χ2v) is 4.83. The van der Waals surface area contributed by atoms with Crippen LogP contribution in [-0.2, 0) is 20.8 Å². The fourth-order valence-corrected chi connectivity index (χ4v) is 2.02. The zero-order valence-electron chi connectivity index (χ0n) is 11.8. The molecule has 1 heterocycles. The lowest BCUT2D eigenvalue weighted by atomic mass is 10.1. The van der Waals surface area contributed by atoms with E-state index < -0.39 is 11.8 Å². The SMILES string of the molecule is O=C(CCN1C(=O)C=CC1=O)NCCc1ccc(O)c(O)c1. The third-order valence-electron chi connectivity index (χ3n) is 3.24. The summed E-state index contributed by atoms with van der Waals surface area (Å²) in [5.41, 5.74) is 0.768. The van der Waals surface area contributed by atoms with Gasteiger partial charge in [0.1, 0.15) is 0 Å². The summed E-state index contributed by atoms with van der Waals surface area (Å²) in [4.78, 5) is 35.3. The van der Waals surface area contributed by atoms with Crippen LogP contribution in [0.25, 0.3) is 0 Å². The van der Waals surface area contributed by atoms with Crippen molar-refractivity contribution in [3.63, 3.8) is 0 Å². The Kier molecular flexibility index (Phi) is 4.77. The molecule has 0 aliphatic carbocycles. The van der Waals surface area contributed by atoms with Gasteiger partial charge in [0, 0.05) is 31.7 Å². The van der Waals surface area contributed by atoms with Crippen molar-refractivity contribution in [2.24, 2.45) is 0 Å². The highest BCUT2D eigenvalue weighted by Crippen LogP contribution is 2.24. The summed E-state index contributed by atoms with van der Waals surface area (Å²) < 4.78 is 0. The van der Waals surface area contributed by atoms with Crippen LogP contribution in [0.5, 0.6) is 11.5 Å². The van der Waals surface area contributed by atoms with Crippen molar-refractivity contribution in [2.45, 2.75) is 12.8 Å². The van der Waals surface area contributed by atoms with Gasteiger partial charge in [-0.3, -0.25) is 19.3 Å². The normalized spacial score (nSPS) is 13.7. The molecular formula is C15H16N2O5. The van der Waals surface area contributed by atoms with Crippen LogP contribution in [0.1, 0.15) is 12.0 Å². The first-order chi connectivity index (χ1) is 10.5. The number of amides is 3. The number of imide groups is 1. The van der Waals surface area contributed by atoms with Gasteiger partial charge in [-0.25, -0.2) is 0 Å². The first kappa shape index (κ1) is 15.6. The molecule has 1 aliphatic rings. The van der Waals surface area contributed by atoms with Gasteiger partial charge in [-0.2, -0.15) is 0 Å². The smallest absolute Gasteiger partial charge is 0.253 e. The average molecular weight is 304 g/mol. The third kappa shape index (κ3) is 3.85. The van der Waals surface area contributed by atoms with E-state index in [1.54, 1.807) is 6.07 Å². The third-order valence-corrected chi connectivity index (χ3v) is 3.24. The lowest BCUT2D eigenvalue weighted by molar-refractivity contribution is -0.137. The second kappa shape index (κ2) is 6.75. The highest BCUT2D eigenvalue weighted by Gasteiger charge is 2.23. The van der Waals surface area contributed by atoms with Crippen LogP contribution in [-0.4, -0.2) is 45.9 Å². The number of nitrogens with zero attached hydrogens (tertiary/aromatic N) is 1. The van der Waals surface area contributed by atoms with Gasteiger partial charge in [-0.1, -0.05) is 6.07 Å². The lowest BCUT2D eigenvalue weighted by Gasteiger charge is -2.13. The van der Waals surface area contributed by atoms with Crippen molar-refractivity contribution in [1.82, 2.24) is 10.2 Å². The molecule has 116 valence electrons. The summed E-state index contributed by atoms with van der Waals surface area (Å²) in [5.74, 6) is -1.48. The molecule has 0 bridgehead atoms. The van der Waals surface area contributed by atoms with Crippen molar-refractivity contribution in [3.05, 3.63) is 35.9 Å². The maximum atomic E-state index is 11.7. The van der Waals surface area contributed by atoms with Crippen LogP contribution in [0.4, 0.5) is 0 Å². The van der Waals surface area contributed by atoms with Crippen LogP contribution in [0.2, 0.25) is 0 Å². The lowest BCUT2D eigenvalue weighted by Crippen LogP contribution is -2.35. The molecule has 1 aromatic rings. The fraction of sp³-hybridized carbons (Fsp3) is 0.267. The van der Waals surface area contributed by atoms with Gasteiger partial charge in [0.05, 0.1) is 0 Å². The number of carbonyl (C=O) groups is 3. The molecule has 0 unspecified atom stereocenters. The second-order valence-electron chi connectivity index (χ2n) is 4.83. The van der Waals surface area contributed by atoms with Crippen LogP contribution in [0.15, 0.2) is 30.4 Å². The summed E-state index contributed by atoms with van der Waals surface area (Å²) >= 11 is 0. The number of aromatic hydroxyl groups is 2. The van der Waals surface area contributed by atoms with E-state index >= 15 is 0 Å². The molecule has 3 N–H and O–H groups in total. The average Bonchev–Trinajstić information content (AvgIpc) is 2.80. The first-order valence-corrected chi connectivity index (χ1v) is 6.78. The number of phenolic OH excluding ortho intramolecular Hbond substituents is 2. The van der Waals surface area contributed by atoms with Crippen molar-refractivity contribution in [2.75, 3.05) is 13.1 Å². The Hall–Kier alpha value is -2.83. The Morgan fingerprint density at radius 1 is 1.09 bits per heavy atom. The van der Waals surface area contributed by atoms with E-state index in [4.69, 9.17) is 0 Å². The minimum atomic E-state index is -0.405. The minimum Gasteiger partial charge on any atom is -0.504 e. The standard InChI is InChI=1S/C15H16N2O5/c18-11-2-1-10(9-12(11)19)5-7-16-13(20)6-8-17-14(21)3-4-15(17)22/h1-4,9,18-19H,5-8H2,(H,16,20). The molecule has 0 spiro atoms. The van der Waals surface area contributed by atoms with Gasteiger partial charge in [-0.05, 0) is 24.1 Å². The number of hydrogen-bond donors (Lipinski definition) is 3. The summed E-state index contributed by atoms with van der Waals surface area (Å²) in [7, 11) is 0. The molecule has 3 amide bonds. The Morgan fingerprint density at radius 3 is 2.41 bits per heavy atom. The summed E-state index contributed by atoms with van der Waals surface area (Å²) in [6.45, 7) is 0.402. The Morgan fingerprint density at radius 2 is 1.77 bits per heavy atom. The van der Waals surface area contributed by atoms with Crippen LogP contribution >= 0.6 is 0 Å². The predicted octanol–water partition coefficient (Wildman–Crippen LogP) is 0.0716. The van der Waals surface area contributed by atoms with Gasteiger partial charge >= 0.3 is 0 Å². The van der Waals surface area contributed by atoms with Gasteiger partial charge in [0.25, 0.3) is 11.8 Å². The number of carbonyl (C=O) groups excluding carboxylic acids is 3. The number of benzene rings is 1. The first-order valence-electron chi connectivity index (χ1n) is 6.78. The monoisotopic (exact) mass is 304 g/mol. The van der Waals surface area contributed by atoms with Crippen LogP contribution in [0, 0.1) is 0 Å². The van der Waals surface area contributed by atoms with E-state index in [1.165, 1.54) is 24.3 Å². The van der Waals surface area contributed by atoms with E-state index in [2.05, 4.69) is 5.32 Å². The van der Waals surface area contributed by atoms with Crippen LogP contribution < -0.4 is 5.32 Å². The number of hydrogen-bond acceptors (Lipinski definition) is 5. The van der Waals surface area contributed by atoms with E-state index in [-0.39, 0.29) is 30.4 Å². The van der Waals surface area contributed by atoms with Crippen molar-refractivity contribution >= 4 is 17.7 Å². The molecule has 1 aliphatic heterocycles. The predicted molar refractivity (Wildman–Crippen MR) is 77.0 cm³/mol. The summed E-state index contributed by atoms with van der Waals surface area (Å²) in [6.07, 6.45) is 2.89. The largest absolute Gasteiger partial charge is 0.504 e. The topological polar surface area (TPSA) is 107 Å². The van der Waals surface area contributed by atoms with E-state index in [9.17, 15) is 24.6 Å². The molecule has 0 aromatic heterocycles. The molecule has 2 rings (SSSR count). The summed E-state index contributed by atoms with van der Waals surface area (Å²) in [5, 5.41) is 21.2. The Balaban J connectivity index is 1.70. The fourth-order valence-electron chi connectivity index (χ4n) is 2.02. The van der Waals surface area contributed by atoms with Crippen molar-refractivity contribution in [3.8, 4) is 11.5 Å². The Labute approximate surface area is 126 Å². The minimum absolute atomic E-state index is 0.0417. The van der Waals surface area contributed by atoms with E-state index in [0.717, 1.165) is 10.5 Å². The highest BCUT2D eigenvalue weighted by atomic mass is 16.3. The molecule has 0 saturated carbocycles. The molecule has 0 atom stereocenters. The molecule has 1 aromatic carbocycles. The maximum Gasteiger partial charge on any atom is 0.253 e. The molecular weight excluding hydrogens is 288 g/mol. The molecule has 22 heavy (non-hydrogen) atoms. The molecule has 0 saturated heterocycles. The van der Waals surface area contributed by atoms with Crippen LogP contribution in [0.3, 0.4) is 0 Å². The molecule has 0 fully saturated rings. The highest BCUT2D eigenvalue weighted by molar-refractivity contribution is 6.13. The van der Waals surface area contributed by atoms with Crippen molar-refractivity contribution in [1.29, 1.82) is 0 Å². The Bertz CT molecular complexity index is 621. The quantitative estimate of drug-likeness (QED) is 0.509.